The molecule has 48 heavy (non-hydrogen) atoms. The van der Waals surface area contributed by atoms with Gasteiger partial charge in [-0.15, -0.1) is 0 Å². The number of nitro groups is 1. The number of benzene rings is 2. The first-order valence-electron chi connectivity index (χ1n) is 18.0. The molecule has 6 aliphatic rings. The average Bonchev–Trinajstić information content (AvgIpc) is 3.02. The Morgan fingerprint density at radius 2 is 1.58 bits per heavy atom. The third kappa shape index (κ3) is 6.95. The summed E-state index contributed by atoms with van der Waals surface area (Å²) in [5, 5.41) is 15.0. The summed E-state index contributed by atoms with van der Waals surface area (Å²) < 4.78 is 28.4. The number of hydrogen-bond donors (Lipinski definition) is 2. The SMILES string of the molecule is CC12CC3CC(C)(C1)CC(CN1CCN(c4ccc(C(=O)NS(=O)(=O)c5ccc(NCC6CCCCC6)c([N+](=O)[O-])c5)cc4)CC1)(C3)C2. The van der Waals surface area contributed by atoms with Crippen LogP contribution in [0.15, 0.2) is 47.4 Å². The van der Waals surface area contributed by atoms with Gasteiger partial charge in [-0.05, 0) is 116 Å². The largest absolute Gasteiger partial charge is 0.379 e. The van der Waals surface area contributed by atoms with E-state index in [2.05, 4.69) is 33.7 Å². The fourth-order valence-corrected chi connectivity index (χ4v) is 12.2. The summed E-state index contributed by atoms with van der Waals surface area (Å²) in [5.41, 5.74) is 2.70. The van der Waals surface area contributed by atoms with E-state index in [0.29, 0.717) is 28.7 Å². The molecule has 0 spiro atoms. The lowest BCUT2D eigenvalue weighted by atomic mass is 9.40. The first-order valence-corrected chi connectivity index (χ1v) is 19.5. The molecule has 260 valence electrons. The quantitative estimate of drug-likeness (QED) is 0.207. The molecule has 10 nitrogen and oxygen atoms in total. The number of anilines is 2. The van der Waals surface area contributed by atoms with Crippen LogP contribution in [-0.2, 0) is 10.0 Å². The van der Waals surface area contributed by atoms with Crippen molar-refractivity contribution in [3.05, 3.63) is 58.1 Å². The van der Waals surface area contributed by atoms with Crippen LogP contribution in [-0.4, -0.2) is 63.4 Å². The van der Waals surface area contributed by atoms with Crippen LogP contribution in [0.3, 0.4) is 0 Å². The summed E-state index contributed by atoms with van der Waals surface area (Å²) in [6.45, 7) is 10.8. The Labute approximate surface area is 285 Å². The van der Waals surface area contributed by atoms with Crippen molar-refractivity contribution in [3.8, 4) is 0 Å². The van der Waals surface area contributed by atoms with E-state index in [1.54, 1.807) is 12.1 Å². The molecule has 2 aromatic rings. The molecule has 0 radical (unpaired) electrons. The molecule has 8 rings (SSSR count). The number of sulfonamides is 1. The maximum absolute atomic E-state index is 13.1. The number of amides is 1. The van der Waals surface area contributed by atoms with Gasteiger partial charge in [0.2, 0.25) is 0 Å². The highest BCUT2D eigenvalue weighted by Gasteiger charge is 2.60. The third-order valence-electron chi connectivity index (χ3n) is 12.2. The summed E-state index contributed by atoms with van der Waals surface area (Å²) in [6, 6.07) is 10.8. The molecule has 1 saturated heterocycles. The van der Waals surface area contributed by atoms with Crippen molar-refractivity contribution in [1.82, 2.24) is 9.62 Å². The van der Waals surface area contributed by atoms with Crippen LogP contribution < -0.4 is 14.9 Å². The zero-order chi connectivity index (χ0) is 33.7. The van der Waals surface area contributed by atoms with Gasteiger partial charge in [-0.1, -0.05) is 33.1 Å². The van der Waals surface area contributed by atoms with Gasteiger partial charge in [-0.2, -0.15) is 0 Å². The summed E-state index contributed by atoms with van der Waals surface area (Å²) in [5.74, 6) is 0.576. The monoisotopic (exact) mass is 677 g/mol. The molecule has 2 unspecified atom stereocenters. The van der Waals surface area contributed by atoms with E-state index in [0.717, 1.165) is 69.5 Å². The minimum atomic E-state index is -4.33. The van der Waals surface area contributed by atoms with E-state index in [9.17, 15) is 23.3 Å². The second-order valence-corrected chi connectivity index (χ2v) is 18.4. The summed E-state index contributed by atoms with van der Waals surface area (Å²) in [7, 11) is -4.33. The van der Waals surface area contributed by atoms with Gasteiger partial charge in [0.1, 0.15) is 5.69 Å². The minimum absolute atomic E-state index is 0.213. The molecule has 1 amide bonds. The Bertz CT molecular complexity index is 1630. The number of nitrogens with zero attached hydrogens (tertiary/aromatic N) is 3. The summed E-state index contributed by atoms with van der Waals surface area (Å²) in [4.78, 5) is 28.9. The Kier molecular flexibility index (Phi) is 8.75. The highest BCUT2D eigenvalue weighted by molar-refractivity contribution is 7.90. The van der Waals surface area contributed by atoms with Gasteiger partial charge in [-0.25, -0.2) is 13.1 Å². The molecule has 0 aromatic heterocycles. The number of rotatable bonds is 10. The Morgan fingerprint density at radius 3 is 2.21 bits per heavy atom. The molecule has 4 bridgehead atoms. The zero-order valence-corrected chi connectivity index (χ0v) is 29.3. The summed E-state index contributed by atoms with van der Waals surface area (Å²) >= 11 is 0. The molecule has 1 aliphatic heterocycles. The number of hydrogen-bond acceptors (Lipinski definition) is 8. The predicted octanol–water partition coefficient (Wildman–Crippen LogP) is 6.82. The lowest BCUT2D eigenvalue weighted by molar-refractivity contribution is -0.384. The number of carbonyl (C=O) groups is 1. The highest BCUT2D eigenvalue weighted by atomic mass is 32.2. The van der Waals surface area contributed by atoms with Crippen LogP contribution in [0, 0.1) is 38.2 Å². The summed E-state index contributed by atoms with van der Waals surface area (Å²) in [6.07, 6.45) is 14.1. The topological polar surface area (TPSA) is 125 Å². The van der Waals surface area contributed by atoms with Crippen LogP contribution in [0.4, 0.5) is 17.1 Å². The van der Waals surface area contributed by atoms with Gasteiger partial charge < -0.3 is 10.2 Å². The maximum Gasteiger partial charge on any atom is 0.293 e. The number of carbonyl (C=O) groups excluding carboxylic acids is 1. The van der Waals surface area contributed by atoms with Crippen molar-refractivity contribution in [2.24, 2.45) is 28.1 Å². The second-order valence-electron chi connectivity index (χ2n) is 16.7. The fourth-order valence-electron chi connectivity index (χ4n) is 11.2. The van der Waals surface area contributed by atoms with Crippen LogP contribution in [0.2, 0.25) is 0 Å². The molecule has 2 aromatic carbocycles. The molecule has 5 aliphatic carbocycles. The van der Waals surface area contributed by atoms with E-state index in [-0.39, 0.29) is 21.8 Å². The minimum Gasteiger partial charge on any atom is -0.379 e. The smallest absolute Gasteiger partial charge is 0.293 e. The molecule has 5 saturated carbocycles. The highest BCUT2D eigenvalue weighted by Crippen LogP contribution is 2.69. The van der Waals surface area contributed by atoms with Crippen LogP contribution in [0.25, 0.3) is 0 Å². The number of nitro benzene ring substituents is 1. The van der Waals surface area contributed by atoms with Crippen LogP contribution in [0.5, 0.6) is 0 Å². The van der Waals surface area contributed by atoms with E-state index in [4.69, 9.17) is 0 Å². The normalized spacial score (nSPS) is 30.7. The molecule has 11 heteroatoms. The standard InChI is InChI=1S/C37H51N5O5S/c1-35-19-28-20-36(2,23-35)25-37(21-28,24-35)26-40-14-16-41(17-15-40)30-10-8-29(9-11-30)34(43)39-48(46,47)31-12-13-32(33(18-31)42(44)45)38-22-27-6-4-3-5-7-27/h8-13,18,27-28,38H,3-7,14-17,19-26H2,1-2H3,(H,39,43). The van der Waals surface area contributed by atoms with Gasteiger partial charge >= 0.3 is 0 Å². The molecule has 2 atom stereocenters. The lowest BCUT2D eigenvalue weighted by Gasteiger charge is -2.66. The van der Waals surface area contributed by atoms with E-state index in [1.807, 2.05) is 12.1 Å². The Hall–Kier alpha value is -3.18. The predicted molar refractivity (Wildman–Crippen MR) is 188 cm³/mol. The van der Waals surface area contributed by atoms with Crippen molar-refractivity contribution in [2.75, 3.05) is 49.5 Å². The maximum atomic E-state index is 13.1. The van der Waals surface area contributed by atoms with Crippen molar-refractivity contribution >= 4 is 33.0 Å². The third-order valence-corrected chi connectivity index (χ3v) is 13.5. The number of nitrogens with one attached hydrogen (secondary N) is 2. The molecular weight excluding hydrogens is 627 g/mol. The van der Waals surface area contributed by atoms with Crippen molar-refractivity contribution in [1.29, 1.82) is 0 Å². The van der Waals surface area contributed by atoms with E-state index in [1.165, 1.54) is 63.6 Å². The average molecular weight is 678 g/mol. The van der Waals surface area contributed by atoms with E-state index >= 15 is 0 Å². The first-order chi connectivity index (χ1) is 22.8. The Morgan fingerprint density at radius 1 is 0.917 bits per heavy atom. The van der Waals surface area contributed by atoms with Crippen molar-refractivity contribution in [2.45, 2.75) is 89.4 Å². The van der Waals surface area contributed by atoms with Gasteiger partial charge in [-0.3, -0.25) is 19.8 Å². The van der Waals surface area contributed by atoms with Gasteiger partial charge in [0, 0.05) is 56.6 Å². The first kappa shape index (κ1) is 33.3. The lowest BCUT2D eigenvalue weighted by Crippen LogP contribution is -2.59. The van der Waals surface area contributed by atoms with Gasteiger partial charge in [0.15, 0.2) is 0 Å². The fraction of sp³-hybridized carbons (Fsp3) is 0.649. The molecule has 6 fully saturated rings. The molecular formula is C37H51N5O5S. The number of piperazine rings is 1. The second kappa shape index (κ2) is 12.6. The van der Waals surface area contributed by atoms with Crippen LogP contribution in [0.1, 0.15) is 94.8 Å². The van der Waals surface area contributed by atoms with E-state index < -0.39 is 20.9 Å². The molecule has 2 N–H and O–H groups in total. The molecule has 1 heterocycles. The zero-order valence-electron chi connectivity index (χ0n) is 28.5. The Balaban J connectivity index is 0.938. The van der Waals surface area contributed by atoms with Crippen molar-refractivity contribution < 1.29 is 18.1 Å². The van der Waals surface area contributed by atoms with Gasteiger partial charge in [0.05, 0.1) is 9.82 Å². The van der Waals surface area contributed by atoms with Gasteiger partial charge in [0.25, 0.3) is 21.6 Å². The van der Waals surface area contributed by atoms with Crippen molar-refractivity contribution in [3.63, 3.8) is 0 Å². The van der Waals surface area contributed by atoms with Crippen LogP contribution >= 0.6 is 0 Å².